The van der Waals surface area contributed by atoms with E-state index in [2.05, 4.69) is 27.6 Å². The zero-order valence-electron chi connectivity index (χ0n) is 10.7. The Morgan fingerprint density at radius 1 is 0.857 bits per heavy atom. The molecular weight excluding hydrogens is 167 g/mol. The van der Waals surface area contributed by atoms with Crippen molar-refractivity contribution >= 4 is 7.28 Å². The van der Waals surface area contributed by atoms with Crippen LogP contribution in [0.5, 0.6) is 0 Å². The Kier molecular flexibility index (Phi) is 4.09. The van der Waals surface area contributed by atoms with E-state index in [4.69, 9.17) is 0 Å². The van der Waals surface area contributed by atoms with Gasteiger partial charge in [-0.15, -0.1) is 0 Å². The molecule has 0 amide bonds. The van der Waals surface area contributed by atoms with Crippen molar-refractivity contribution in [3.05, 3.63) is 0 Å². The lowest BCUT2D eigenvalue weighted by Gasteiger charge is -2.46. The molecule has 0 heterocycles. The average molecular weight is 194 g/mol. The summed E-state index contributed by atoms with van der Waals surface area (Å²) >= 11 is 0. The number of hydrogen-bond acceptors (Lipinski definition) is 0. The monoisotopic (exact) mass is 194 g/mol. The molecule has 1 saturated carbocycles. The van der Waals surface area contributed by atoms with Crippen molar-refractivity contribution in [3.63, 3.8) is 0 Å². The first-order valence-electron chi connectivity index (χ1n) is 6.52. The van der Waals surface area contributed by atoms with Crippen LogP contribution in [0.2, 0.25) is 12.1 Å². The van der Waals surface area contributed by atoms with Gasteiger partial charge in [-0.05, 0) is 10.7 Å². The van der Waals surface area contributed by atoms with Gasteiger partial charge in [0.25, 0.3) is 0 Å². The van der Waals surface area contributed by atoms with E-state index in [0.29, 0.717) is 10.7 Å². The lowest BCUT2D eigenvalue weighted by atomic mass is 9.41. The van der Waals surface area contributed by atoms with E-state index < -0.39 is 0 Å². The molecule has 0 aliphatic heterocycles. The minimum atomic E-state index is 0.499. The van der Waals surface area contributed by atoms with Crippen LogP contribution in [0.15, 0.2) is 0 Å². The molecule has 0 unspecified atom stereocenters. The van der Waals surface area contributed by atoms with Gasteiger partial charge in [0.2, 0.25) is 0 Å². The van der Waals surface area contributed by atoms with Gasteiger partial charge in [0.1, 0.15) is 7.28 Å². The Labute approximate surface area is 91.1 Å². The highest BCUT2D eigenvalue weighted by atomic mass is 14.4. The van der Waals surface area contributed by atoms with Crippen LogP contribution in [0.4, 0.5) is 0 Å². The molecule has 0 nitrogen and oxygen atoms in total. The van der Waals surface area contributed by atoms with Gasteiger partial charge < -0.3 is 0 Å². The fourth-order valence-corrected chi connectivity index (χ4v) is 3.22. The van der Waals surface area contributed by atoms with Gasteiger partial charge in [-0.1, -0.05) is 72.5 Å². The smallest absolute Gasteiger partial charge is 0.0888 e. The molecule has 1 aliphatic rings. The third-order valence-corrected chi connectivity index (χ3v) is 4.58. The summed E-state index contributed by atoms with van der Waals surface area (Å²) in [6.45, 7) is 9.72. The quantitative estimate of drug-likeness (QED) is 0.542. The van der Waals surface area contributed by atoms with Crippen molar-refractivity contribution in [2.45, 2.75) is 77.9 Å². The average Bonchev–Trinajstić information content (AvgIpc) is 2.02. The second-order valence-electron chi connectivity index (χ2n) is 6.15. The SMILES string of the molecule is CBC1(C(C)(C)C)CCCCCCC1. The molecule has 0 spiro atoms. The Bertz CT molecular complexity index is 159. The van der Waals surface area contributed by atoms with Crippen LogP contribution >= 0.6 is 0 Å². The number of rotatable bonds is 1. The van der Waals surface area contributed by atoms with Crippen molar-refractivity contribution in [1.82, 2.24) is 0 Å². The maximum Gasteiger partial charge on any atom is 0.125 e. The molecule has 0 aromatic heterocycles. The fourth-order valence-electron chi connectivity index (χ4n) is 3.22. The van der Waals surface area contributed by atoms with Crippen LogP contribution in [-0.2, 0) is 0 Å². The van der Waals surface area contributed by atoms with Crippen LogP contribution in [0.3, 0.4) is 0 Å². The lowest BCUT2D eigenvalue weighted by molar-refractivity contribution is 0.210. The maximum atomic E-state index is 2.44. The predicted molar refractivity (Wildman–Crippen MR) is 67.5 cm³/mol. The highest BCUT2D eigenvalue weighted by Gasteiger charge is 2.39. The molecule has 1 fully saturated rings. The van der Waals surface area contributed by atoms with E-state index >= 15 is 0 Å². The topological polar surface area (TPSA) is 0 Å². The molecule has 1 rings (SSSR count). The summed E-state index contributed by atoms with van der Waals surface area (Å²) in [6.07, 6.45) is 10.3. The van der Waals surface area contributed by atoms with Gasteiger partial charge in [-0.25, -0.2) is 0 Å². The van der Waals surface area contributed by atoms with E-state index in [0.717, 1.165) is 0 Å². The van der Waals surface area contributed by atoms with Crippen molar-refractivity contribution in [2.75, 3.05) is 0 Å². The third-order valence-electron chi connectivity index (χ3n) is 4.58. The standard InChI is InChI=1S/C13H27B/c1-12(2,3)13(14-4)10-8-6-5-7-9-11-13/h14H,5-11H2,1-4H3. The first-order valence-corrected chi connectivity index (χ1v) is 6.52. The summed E-state index contributed by atoms with van der Waals surface area (Å²) in [7, 11) is 1.37. The minimum Gasteiger partial charge on any atom is -0.0888 e. The Morgan fingerprint density at radius 3 is 1.64 bits per heavy atom. The fraction of sp³-hybridized carbons (Fsp3) is 1.00. The first-order chi connectivity index (χ1) is 6.52. The summed E-state index contributed by atoms with van der Waals surface area (Å²) in [5.41, 5.74) is 0.499. The van der Waals surface area contributed by atoms with Crippen molar-refractivity contribution in [1.29, 1.82) is 0 Å². The van der Waals surface area contributed by atoms with Gasteiger partial charge in [0.05, 0.1) is 0 Å². The molecular formula is C13H27B. The minimum absolute atomic E-state index is 0.499. The second-order valence-corrected chi connectivity index (χ2v) is 6.15. The van der Waals surface area contributed by atoms with E-state index in [1.165, 1.54) is 52.2 Å². The molecule has 0 radical (unpaired) electrons. The molecule has 0 atom stereocenters. The third kappa shape index (κ3) is 2.55. The number of hydrogen-bond donors (Lipinski definition) is 0. The molecule has 0 N–H and O–H groups in total. The van der Waals surface area contributed by atoms with Crippen LogP contribution in [0.1, 0.15) is 65.7 Å². The van der Waals surface area contributed by atoms with Gasteiger partial charge in [0, 0.05) is 0 Å². The van der Waals surface area contributed by atoms with Gasteiger partial charge >= 0.3 is 0 Å². The maximum absolute atomic E-state index is 2.44. The normalized spacial score (nSPS) is 23.7. The van der Waals surface area contributed by atoms with Crippen molar-refractivity contribution in [2.24, 2.45) is 5.41 Å². The highest BCUT2D eigenvalue weighted by Crippen LogP contribution is 2.53. The second kappa shape index (κ2) is 4.72. The van der Waals surface area contributed by atoms with E-state index in [1.54, 1.807) is 0 Å². The molecule has 0 aromatic rings. The summed E-state index contributed by atoms with van der Waals surface area (Å²) < 4.78 is 0. The summed E-state index contributed by atoms with van der Waals surface area (Å²) in [5, 5.41) is 0.632. The van der Waals surface area contributed by atoms with E-state index in [9.17, 15) is 0 Å². The zero-order valence-corrected chi connectivity index (χ0v) is 10.7. The summed E-state index contributed by atoms with van der Waals surface area (Å²) in [5.74, 6) is 0. The molecule has 0 bridgehead atoms. The van der Waals surface area contributed by atoms with Crippen LogP contribution in [0.25, 0.3) is 0 Å². The molecule has 0 saturated heterocycles. The van der Waals surface area contributed by atoms with E-state index in [1.807, 2.05) is 0 Å². The Morgan fingerprint density at radius 2 is 1.29 bits per heavy atom. The van der Waals surface area contributed by atoms with Crippen LogP contribution < -0.4 is 0 Å². The molecule has 0 aromatic carbocycles. The lowest BCUT2D eigenvalue weighted by Crippen LogP contribution is -2.34. The summed E-state index contributed by atoms with van der Waals surface area (Å²) in [4.78, 5) is 0. The zero-order chi connectivity index (χ0) is 10.7. The predicted octanol–water partition coefficient (Wildman–Crippen LogP) is 4.42. The van der Waals surface area contributed by atoms with Gasteiger partial charge in [-0.3, -0.25) is 0 Å². The van der Waals surface area contributed by atoms with E-state index in [-0.39, 0.29) is 0 Å². The van der Waals surface area contributed by atoms with Crippen LogP contribution in [0, 0.1) is 5.41 Å². The first kappa shape index (κ1) is 12.1. The van der Waals surface area contributed by atoms with Crippen molar-refractivity contribution in [3.8, 4) is 0 Å². The van der Waals surface area contributed by atoms with Crippen LogP contribution in [-0.4, -0.2) is 7.28 Å². The molecule has 1 heteroatoms. The molecule has 1 aliphatic carbocycles. The van der Waals surface area contributed by atoms with Gasteiger partial charge in [-0.2, -0.15) is 0 Å². The molecule has 82 valence electrons. The highest BCUT2D eigenvalue weighted by molar-refractivity contribution is 6.38. The van der Waals surface area contributed by atoms with Crippen molar-refractivity contribution < 1.29 is 0 Å². The Hall–Kier alpha value is 0.0649. The Balaban J connectivity index is 2.73. The summed E-state index contributed by atoms with van der Waals surface area (Å²) in [6, 6.07) is 0. The van der Waals surface area contributed by atoms with Gasteiger partial charge in [0.15, 0.2) is 0 Å². The molecule has 14 heavy (non-hydrogen) atoms. The largest absolute Gasteiger partial charge is 0.125 e.